The number of hydrogen-bond acceptors (Lipinski definition) is 4. The van der Waals surface area contributed by atoms with Crippen molar-refractivity contribution in [2.24, 2.45) is 4.99 Å². The van der Waals surface area contributed by atoms with Gasteiger partial charge in [-0.1, -0.05) is 6.07 Å². The van der Waals surface area contributed by atoms with Crippen molar-refractivity contribution in [2.75, 3.05) is 7.05 Å². The van der Waals surface area contributed by atoms with Crippen molar-refractivity contribution in [3.05, 3.63) is 41.0 Å². The smallest absolute Gasteiger partial charge is 0.416 e. The maximum absolute atomic E-state index is 13.6. The van der Waals surface area contributed by atoms with E-state index in [1.165, 1.54) is 6.07 Å². The van der Waals surface area contributed by atoms with Crippen LogP contribution in [0.2, 0.25) is 0 Å². The number of aromatic nitrogens is 3. The van der Waals surface area contributed by atoms with E-state index in [9.17, 15) is 13.2 Å². The molecule has 0 radical (unpaired) electrons. The second kappa shape index (κ2) is 8.76. The van der Waals surface area contributed by atoms with Crippen LogP contribution in [0.25, 0.3) is 0 Å². The number of guanidine groups is 1. The van der Waals surface area contributed by atoms with Crippen molar-refractivity contribution in [1.82, 2.24) is 25.4 Å². The zero-order valence-electron chi connectivity index (χ0n) is 18.5. The van der Waals surface area contributed by atoms with Crippen LogP contribution >= 0.6 is 0 Å². The molecule has 170 valence electrons. The van der Waals surface area contributed by atoms with E-state index >= 15 is 0 Å². The minimum atomic E-state index is -4.49. The van der Waals surface area contributed by atoms with Gasteiger partial charge in [0.2, 0.25) is 0 Å². The summed E-state index contributed by atoms with van der Waals surface area (Å²) in [6.07, 6.45) is -2.87. The topological polar surface area (TPSA) is 76.4 Å². The molecule has 1 aliphatic heterocycles. The lowest BCUT2D eigenvalue weighted by atomic mass is 10.1. The normalized spacial score (nSPS) is 17.3. The highest BCUT2D eigenvalue weighted by Crippen LogP contribution is 2.35. The molecule has 2 N–H and O–H groups in total. The molecular weight excluding hydrogens is 409 g/mol. The number of fused-ring (bicyclic) bond motifs is 1. The lowest BCUT2D eigenvalue weighted by Crippen LogP contribution is -2.47. The Morgan fingerprint density at radius 2 is 2.03 bits per heavy atom. The summed E-state index contributed by atoms with van der Waals surface area (Å²) in [5, 5.41) is 10.6. The summed E-state index contributed by atoms with van der Waals surface area (Å²) in [5.41, 5.74) is -1.19. The number of alkyl halides is 3. The van der Waals surface area contributed by atoms with Crippen LogP contribution in [0.1, 0.15) is 50.0 Å². The molecule has 1 aromatic carbocycles. The van der Waals surface area contributed by atoms with Crippen molar-refractivity contribution >= 4 is 5.96 Å². The lowest BCUT2D eigenvalue weighted by molar-refractivity contribution is -0.138. The molecule has 0 spiro atoms. The molecule has 31 heavy (non-hydrogen) atoms. The molecule has 3 rings (SSSR count). The van der Waals surface area contributed by atoms with Crippen molar-refractivity contribution < 1.29 is 17.9 Å². The molecule has 2 heterocycles. The quantitative estimate of drug-likeness (QED) is 0.565. The Bertz CT molecular complexity index is 946. The van der Waals surface area contributed by atoms with Gasteiger partial charge in [0.1, 0.15) is 23.0 Å². The van der Waals surface area contributed by atoms with Crippen molar-refractivity contribution in [1.29, 1.82) is 0 Å². The molecule has 7 nitrogen and oxygen atoms in total. The standard InChI is InChI=1S/C21H29F3N6O/c1-13-27-18-9-7-15(12-30(18)29-13)28-19(25-5)26-11-14-6-8-16(31-20(2,3)4)10-17(14)21(22,23)24/h6,8,10,15H,7,9,11-12H2,1-5H3,(H2,25,26,28). The summed E-state index contributed by atoms with van der Waals surface area (Å²) in [6, 6.07) is 4.11. The van der Waals surface area contributed by atoms with Gasteiger partial charge < -0.3 is 15.4 Å². The molecule has 0 saturated heterocycles. The Kier molecular flexibility index (Phi) is 6.47. The zero-order valence-corrected chi connectivity index (χ0v) is 18.5. The first-order chi connectivity index (χ1) is 14.4. The van der Waals surface area contributed by atoms with E-state index in [0.29, 0.717) is 12.5 Å². The molecule has 0 bridgehead atoms. The van der Waals surface area contributed by atoms with Gasteiger partial charge in [0.05, 0.1) is 12.1 Å². The van der Waals surface area contributed by atoms with Crippen LogP contribution in [0.15, 0.2) is 23.2 Å². The zero-order chi connectivity index (χ0) is 22.8. The first-order valence-electron chi connectivity index (χ1n) is 10.2. The van der Waals surface area contributed by atoms with E-state index in [1.54, 1.807) is 33.9 Å². The van der Waals surface area contributed by atoms with Crippen LogP contribution in [0.4, 0.5) is 13.2 Å². The first kappa shape index (κ1) is 22.9. The van der Waals surface area contributed by atoms with Gasteiger partial charge in [0.15, 0.2) is 5.96 Å². The average molecular weight is 438 g/mol. The molecule has 0 saturated carbocycles. The molecule has 0 amide bonds. The Morgan fingerprint density at radius 1 is 1.29 bits per heavy atom. The SMILES string of the molecule is CN=C(NCc1ccc(OC(C)(C)C)cc1C(F)(F)F)NC1CCc2nc(C)nn2C1. The fraction of sp³-hybridized carbons (Fsp3) is 0.571. The third-order valence-corrected chi connectivity index (χ3v) is 4.79. The summed E-state index contributed by atoms with van der Waals surface area (Å²) in [4.78, 5) is 8.54. The maximum Gasteiger partial charge on any atom is 0.416 e. The third-order valence-electron chi connectivity index (χ3n) is 4.79. The van der Waals surface area contributed by atoms with Crippen LogP contribution in [-0.2, 0) is 25.7 Å². The van der Waals surface area contributed by atoms with Crippen molar-refractivity contribution in [2.45, 2.75) is 71.4 Å². The number of aryl methyl sites for hydroxylation is 2. The Morgan fingerprint density at radius 3 is 2.68 bits per heavy atom. The first-order valence-corrected chi connectivity index (χ1v) is 10.2. The minimum Gasteiger partial charge on any atom is -0.488 e. The van der Waals surface area contributed by atoms with Crippen LogP contribution in [0.5, 0.6) is 5.75 Å². The Balaban J connectivity index is 1.67. The summed E-state index contributed by atoms with van der Waals surface area (Å²) in [5.74, 6) is 2.31. The predicted molar refractivity (Wildman–Crippen MR) is 112 cm³/mol. The molecule has 2 aromatic rings. The molecule has 1 atom stereocenters. The molecule has 0 fully saturated rings. The van der Waals surface area contributed by atoms with Gasteiger partial charge in [-0.3, -0.25) is 4.99 Å². The summed E-state index contributed by atoms with van der Waals surface area (Å²) < 4.78 is 48.4. The number of hydrogen-bond donors (Lipinski definition) is 2. The lowest BCUT2D eigenvalue weighted by Gasteiger charge is -2.26. The monoisotopic (exact) mass is 438 g/mol. The second-order valence-corrected chi connectivity index (χ2v) is 8.59. The molecule has 10 heteroatoms. The molecule has 1 aliphatic rings. The number of halogens is 3. The highest BCUT2D eigenvalue weighted by molar-refractivity contribution is 5.80. The van der Waals surface area contributed by atoms with Gasteiger partial charge in [-0.2, -0.15) is 18.3 Å². The van der Waals surface area contributed by atoms with Gasteiger partial charge in [0.25, 0.3) is 0 Å². The fourth-order valence-electron chi connectivity index (χ4n) is 3.51. The van der Waals surface area contributed by atoms with Gasteiger partial charge in [-0.05, 0) is 51.8 Å². The largest absolute Gasteiger partial charge is 0.488 e. The van der Waals surface area contributed by atoms with E-state index in [4.69, 9.17) is 4.74 Å². The average Bonchev–Trinajstić information content (AvgIpc) is 3.03. The molecule has 1 aromatic heterocycles. The summed E-state index contributed by atoms with van der Waals surface area (Å²) in [7, 11) is 1.59. The van der Waals surface area contributed by atoms with Crippen LogP contribution in [0.3, 0.4) is 0 Å². The van der Waals surface area contributed by atoms with Crippen LogP contribution in [0, 0.1) is 6.92 Å². The Hall–Kier alpha value is -2.78. The molecule has 0 aliphatic carbocycles. The highest BCUT2D eigenvalue weighted by Gasteiger charge is 2.34. The summed E-state index contributed by atoms with van der Waals surface area (Å²) >= 11 is 0. The van der Waals surface area contributed by atoms with Crippen molar-refractivity contribution in [3.8, 4) is 5.75 Å². The summed E-state index contributed by atoms with van der Waals surface area (Å²) in [6.45, 7) is 7.83. The van der Waals surface area contributed by atoms with E-state index in [1.807, 2.05) is 11.6 Å². The number of ether oxygens (including phenoxy) is 1. The number of nitrogens with one attached hydrogen (secondary N) is 2. The van der Waals surface area contributed by atoms with Gasteiger partial charge in [-0.15, -0.1) is 0 Å². The van der Waals surface area contributed by atoms with E-state index < -0.39 is 17.3 Å². The van der Waals surface area contributed by atoms with Gasteiger partial charge in [-0.25, -0.2) is 9.67 Å². The number of aliphatic imine (C=N–C) groups is 1. The van der Waals surface area contributed by atoms with Crippen molar-refractivity contribution in [3.63, 3.8) is 0 Å². The maximum atomic E-state index is 13.6. The number of benzene rings is 1. The van der Waals surface area contributed by atoms with E-state index in [0.717, 1.165) is 30.6 Å². The number of nitrogens with zero attached hydrogens (tertiary/aromatic N) is 4. The second-order valence-electron chi connectivity index (χ2n) is 8.59. The van der Waals surface area contributed by atoms with E-state index in [2.05, 4.69) is 25.7 Å². The van der Waals surface area contributed by atoms with Crippen LogP contribution in [-0.4, -0.2) is 39.4 Å². The highest BCUT2D eigenvalue weighted by atomic mass is 19.4. The van der Waals surface area contributed by atoms with Crippen LogP contribution < -0.4 is 15.4 Å². The minimum absolute atomic E-state index is 0.0231. The third kappa shape index (κ3) is 6.11. The Labute approximate surface area is 180 Å². The van der Waals surface area contributed by atoms with Gasteiger partial charge >= 0.3 is 6.18 Å². The number of rotatable bonds is 4. The van der Waals surface area contributed by atoms with Gasteiger partial charge in [0, 0.05) is 26.1 Å². The van der Waals surface area contributed by atoms with E-state index in [-0.39, 0.29) is 23.9 Å². The fourth-order valence-corrected chi connectivity index (χ4v) is 3.51. The molecule has 1 unspecified atom stereocenters. The predicted octanol–water partition coefficient (Wildman–Crippen LogP) is 3.46. The molecular formula is C21H29F3N6O.